The molecule has 1 aliphatic heterocycles. The molecule has 0 amide bonds. The first-order valence-corrected chi connectivity index (χ1v) is 6.06. The van der Waals surface area contributed by atoms with Gasteiger partial charge in [-0.05, 0) is 43.0 Å². The second kappa shape index (κ2) is 4.98. The van der Waals surface area contributed by atoms with Gasteiger partial charge in [-0.1, -0.05) is 6.07 Å². The van der Waals surface area contributed by atoms with Gasteiger partial charge in [-0.3, -0.25) is 0 Å². The minimum absolute atomic E-state index is 0.0159. The van der Waals surface area contributed by atoms with Crippen LogP contribution in [0.5, 0.6) is 5.75 Å². The Morgan fingerprint density at radius 1 is 1.56 bits per heavy atom. The maximum Gasteiger partial charge on any atom is 0.122 e. The number of carboxylic acids is 1. The summed E-state index contributed by atoms with van der Waals surface area (Å²) in [6.45, 7) is 2.61. The Balaban J connectivity index is 2.23. The molecular weight excluding hydrogens is 232 g/mol. The maximum absolute atomic E-state index is 10.6. The number of benzene rings is 1. The van der Waals surface area contributed by atoms with Crippen LogP contribution in [0.15, 0.2) is 18.2 Å². The molecular formula is C14H17O4-. The summed E-state index contributed by atoms with van der Waals surface area (Å²) in [5.74, 6) is -0.139. The highest BCUT2D eigenvalue weighted by Gasteiger charge is 2.27. The zero-order chi connectivity index (χ0) is 13.2. The van der Waals surface area contributed by atoms with Crippen molar-refractivity contribution in [3.63, 3.8) is 0 Å². The molecule has 4 nitrogen and oxygen atoms in total. The van der Waals surface area contributed by atoms with Crippen molar-refractivity contribution in [3.8, 4) is 5.75 Å². The molecule has 0 aliphatic carbocycles. The first-order chi connectivity index (χ1) is 8.55. The van der Waals surface area contributed by atoms with E-state index in [0.717, 1.165) is 23.3 Å². The Morgan fingerprint density at radius 3 is 3.00 bits per heavy atom. The fraction of sp³-hybridized carbons (Fsp3) is 0.500. The number of fused-ring (bicyclic) bond motifs is 1. The molecule has 1 unspecified atom stereocenters. The lowest BCUT2D eigenvalue weighted by molar-refractivity contribution is -0.306. The molecule has 1 aromatic rings. The van der Waals surface area contributed by atoms with E-state index in [1.807, 2.05) is 25.1 Å². The van der Waals surface area contributed by atoms with Gasteiger partial charge in [0.05, 0.1) is 12.2 Å². The van der Waals surface area contributed by atoms with Crippen LogP contribution in [0, 0.1) is 0 Å². The number of ether oxygens (including phenoxy) is 2. The number of methoxy groups -OCH3 is 1. The van der Waals surface area contributed by atoms with Gasteiger partial charge in [0, 0.05) is 19.5 Å². The van der Waals surface area contributed by atoms with Gasteiger partial charge < -0.3 is 19.4 Å². The summed E-state index contributed by atoms with van der Waals surface area (Å²) in [5, 5.41) is 10.6. The number of rotatable bonds is 5. The second-order valence-electron chi connectivity index (χ2n) is 4.73. The van der Waals surface area contributed by atoms with Gasteiger partial charge in [-0.2, -0.15) is 0 Å². The van der Waals surface area contributed by atoms with Gasteiger partial charge in [-0.25, -0.2) is 0 Å². The van der Waals surface area contributed by atoms with Crippen LogP contribution in [0.1, 0.15) is 30.9 Å². The largest absolute Gasteiger partial charge is 0.550 e. The van der Waals surface area contributed by atoms with Crippen LogP contribution in [0.2, 0.25) is 0 Å². The SMILES string of the molecule is COC(C)(CCC(=O)[O-])c1ccc2c(c1)CCO2. The highest BCUT2D eigenvalue weighted by molar-refractivity contribution is 5.64. The van der Waals surface area contributed by atoms with Crippen molar-refractivity contribution in [2.45, 2.75) is 31.8 Å². The van der Waals surface area contributed by atoms with E-state index in [1.165, 1.54) is 0 Å². The van der Waals surface area contributed by atoms with Crippen LogP contribution in [-0.2, 0) is 21.6 Å². The van der Waals surface area contributed by atoms with E-state index in [4.69, 9.17) is 9.47 Å². The number of aliphatic carboxylic acids is 1. The molecule has 4 heteroatoms. The Morgan fingerprint density at radius 2 is 2.33 bits per heavy atom. The average Bonchev–Trinajstić information content (AvgIpc) is 2.83. The first-order valence-electron chi connectivity index (χ1n) is 6.06. The zero-order valence-electron chi connectivity index (χ0n) is 10.7. The average molecular weight is 249 g/mol. The van der Waals surface area contributed by atoms with Crippen LogP contribution in [0.4, 0.5) is 0 Å². The minimum atomic E-state index is -1.05. The van der Waals surface area contributed by atoms with Crippen LogP contribution in [-0.4, -0.2) is 19.7 Å². The molecule has 0 radical (unpaired) electrons. The summed E-state index contributed by atoms with van der Waals surface area (Å²) in [6, 6.07) is 5.90. The molecule has 0 N–H and O–H groups in total. The Bertz CT molecular complexity index is 455. The number of carbonyl (C=O) groups excluding carboxylic acids is 1. The lowest BCUT2D eigenvalue weighted by Crippen LogP contribution is -2.29. The predicted octanol–water partition coefficient (Wildman–Crippen LogP) is 1.01. The molecule has 0 bridgehead atoms. The van der Waals surface area contributed by atoms with Crippen molar-refractivity contribution in [2.24, 2.45) is 0 Å². The molecule has 0 aromatic heterocycles. The molecule has 1 aliphatic rings. The Labute approximate surface area is 107 Å². The van der Waals surface area contributed by atoms with Crippen LogP contribution >= 0.6 is 0 Å². The van der Waals surface area contributed by atoms with Crippen molar-refractivity contribution in [3.05, 3.63) is 29.3 Å². The summed E-state index contributed by atoms with van der Waals surface area (Å²) in [4.78, 5) is 10.6. The normalized spacial score (nSPS) is 16.8. The van der Waals surface area contributed by atoms with Gasteiger partial charge in [0.25, 0.3) is 0 Å². The van der Waals surface area contributed by atoms with E-state index in [1.54, 1.807) is 7.11 Å². The van der Waals surface area contributed by atoms with Crippen molar-refractivity contribution in [1.29, 1.82) is 0 Å². The third-order valence-electron chi connectivity index (χ3n) is 3.56. The Kier molecular flexibility index (Phi) is 3.57. The second-order valence-corrected chi connectivity index (χ2v) is 4.73. The molecule has 0 fully saturated rings. The summed E-state index contributed by atoms with van der Waals surface area (Å²) in [5.41, 5.74) is 1.54. The predicted molar refractivity (Wildman–Crippen MR) is 64.2 cm³/mol. The molecule has 2 rings (SSSR count). The molecule has 1 atom stereocenters. The van der Waals surface area contributed by atoms with E-state index in [2.05, 4.69) is 0 Å². The zero-order valence-corrected chi connectivity index (χ0v) is 10.7. The molecule has 0 saturated carbocycles. The molecule has 0 saturated heterocycles. The van der Waals surface area contributed by atoms with Gasteiger partial charge in [0.1, 0.15) is 5.75 Å². The highest BCUT2D eigenvalue weighted by atomic mass is 16.5. The number of carbonyl (C=O) groups is 1. The third-order valence-corrected chi connectivity index (χ3v) is 3.56. The lowest BCUT2D eigenvalue weighted by atomic mass is 9.89. The van der Waals surface area contributed by atoms with Crippen molar-refractivity contribution in [2.75, 3.05) is 13.7 Å². The molecule has 1 aromatic carbocycles. The van der Waals surface area contributed by atoms with E-state index in [9.17, 15) is 9.90 Å². The van der Waals surface area contributed by atoms with Gasteiger partial charge in [0.2, 0.25) is 0 Å². The molecule has 98 valence electrons. The standard InChI is InChI=1S/C14H18O4/c1-14(17-2,7-5-13(15)16)11-3-4-12-10(9-11)6-8-18-12/h3-4,9H,5-8H2,1-2H3,(H,15,16)/p-1. The smallest absolute Gasteiger partial charge is 0.122 e. The van der Waals surface area contributed by atoms with E-state index < -0.39 is 11.6 Å². The lowest BCUT2D eigenvalue weighted by Gasteiger charge is -2.29. The van der Waals surface area contributed by atoms with Crippen LogP contribution in [0.25, 0.3) is 0 Å². The van der Waals surface area contributed by atoms with Crippen molar-refractivity contribution in [1.82, 2.24) is 0 Å². The quantitative estimate of drug-likeness (QED) is 0.781. The fourth-order valence-corrected chi connectivity index (χ4v) is 2.22. The third kappa shape index (κ3) is 2.48. The van der Waals surface area contributed by atoms with Crippen LogP contribution in [0.3, 0.4) is 0 Å². The fourth-order valence-electron chi connectivity index (χ4n) is 2.22. The monoisotopic (exact) mass is 249 g/mol. The minimum Gasteiger partial charge on any atom is -0.550 e. The van der Waals surface area contributed by atoms with Crippen molar-refractivity contribution >= 4 is 5.97 Å². The van der Waals surface area contributed by atoms with E-state index >= 15 is 0 Å². The summed E-state index contributed by atoms with van der Waals surface area (Å²) in [7, 11) is 1.60. The number of hydrogen-bond donors (Lipinski definition) is 0. The van der Waals surface area contributed by atoms with E-state index in [-0.39, 0.29) is 6.42 Å². The number of hydrogen-bond acceptors (Lipinski definition) is 4. The summed E-state index contributed by atoms with van der Waals surface area (Å²) in [6.07, 6.45) is 1.27. The van der Waals surface area contributed by atoms with Crippen molar-refractivity contribution < 1.29 is 19.4 Å². The highest BCUT2D eigenvalue weighted by Crippen LogP contribution is 2.34. The number of carboxylic acid groups (broad SMARTS) is 1. The van der Waals surface area contributed by atoms with Gasteiger partial charge in [-0.15, -0.1) is 0 Å². The summed E-state index contributed by atoms with van der Waals surface area (Å²) < 4.78 is 11.0. The summed E-state index contributed by atoms with van der Waals surface area (Å²) >= 11 is 0. The maximum atomic E-state index is 10.6. The molecule has 0 spiro atoms. The topological polar surface area (TPSA) is 58.6 Å². The van der Waals surface area contributed by atoms with Gasteiger partial charge in [0.15, 0.2) is 0 Å². The van der Waals surface area contributed by atoms with E-state index in [0.29, 0.717) is 13.0 Å². The first kappa shape index (κ1) is 12.9. The molecule has 1 heterocycles. The Hall–Kier alpha value is -1.55. The van der Waals surface area contributed by atoms with Gasteiger partial charge >= 0.3 is 0 Å². The molecule has 18 heavy (non-hydrogen) atoms. The van der Waals surface area contributed by atoms with Crippen LogP contribution < -0.4 is 9.84 Å².